The van der Waals surface area contributed by atoms with Crippen LogP contribution >= 0.6 is 0 Å². The predicted molar refractivity (Wildman–Crippen MR) is 212 cm³/mol. The van der Waals surface area contributed by atoms with Gasteiger partial charge in [-0.3, -0.25) is 4.57 Å². The van der Waals surface area contributed by atoms with Gasteiger partial charge in [-0.25, -0.2) is 23.3 Å². The molecule has 5 heterocycles. The van der Waals surface area contributed by atoms with Gasteiger partial charge in [-0.15, -0.1) is 10.2 Å². The highest BCUT2D eigenvalue weighted by Crippen LogP contribution is 2.39. The number of imidazole rings is 1. The van der Waals surface area contributed by atoms with Crippen LogP contribution in [0.15, 0.2) is 84.0 Å². The SMILES string of the molecule is NS(=O)(=O)c1ccc(NC(=O)N[C@@H]2CCN(c3nc(NCC(c4ccc(O)cc4)c4ccc(O)cc4)c4ncn([C@@H]5O[C@H](c6nnn(CCO)n6)[C@@H](O)[C@H]5O)c4n3)C2)cc1. The van der Waals surface area contributed by atoms with Crippen LogP contribution in [0, 0.1) is 0 Å². The van der Waals surface area contributed by atoms with Crippen LogP contribution in [-0.2, 0) is 21.3 Å². The first-order chi connectivity index (χ1) is 28.8. The zero-order chi connectivity index (χ0) is 42.1. The highest BCUT2D eigenvalue weighted by atomic mass is 32.2. The van der Waals surface area contributed by atoms with Crippen molar-refractivity contribution in [1.29, 1.82) is 0 Å². The molecule has 2 aliphatic rings. The first-order valence-electron chi connectivity index (χ1n) is 18.8. The minimum atomic E-state index is -3.89. The molecule has 314 valence electrons. The van der Waals surface area contributed by atoms with E-state index in [2.05, 4.69) is 36.3 Å². The Labute approximate surface area is 341 Å². The largest absolute Gasteiger partial charge is 0.508 e. The topological polar surface area (TPSA) is 314 Å². The number of sulfonamides is 1. The van der Waals surface area contributed by atoms with Crippen molar-refractivity contribution in [3.8, 4) is 11.5 Å². The number of amides is 2. The van der Waals surface area contributed by atoms with E-state index in [1.165, 1.54) is 35.2 Å². The van der Waals surface area contributed by atoms with Gasteiger partial charge in [0.25, 0.3) is 0 Å². The first-order valence-corrected chi connectivity index (χ1v) is 20.3. The minimum Gasteiger partial charge on any atom is -0.508 e. The number of aromatic hydroxyl groups is 2. The van der Waals surface area contributed by atoms with Crippen molar-refractivity contribution in [2.24, 2.45) is 5.14 Å². The summed E-state index contributed by atoms with van der Waals surface area (Å²) < 4.78 is 30.9. The lowest BCUT2D eigenvalue weighted by molar-refractivity contribution is -0.0384. The third-order valence-electron chi connectivity index (χ3n) is 10.3. The highest BCUT2D eigenvalue weighted by molar-refractivity contribution is 7.89. The number of anilines is 3. The smallest absolute Gasteiger partial charge is 0.319 e. The lowest BCUT2D eigenvalue weighted by atomic mass is 9.91. The second-order valence-corrected chi connectivity index (χ2v) is 15.9. The zero-order valence-corrected chi connectivity index (χ0v) is 32.4. The van der Waals surface area contributed by atoms with E-state index in [1.807, 2.05) is 4.90 Å². The van der Waals surface area contributed by atoms with Crippen molar-refractivity contribution in [2.75, 3.05) is 41.8 Å². The molecule has 60 heavy (non-hydrogen) atoms. The Morgan fingerprint density at radius 3 is 2.28 bits per heavy atom. The molecule has 6 aromatic rings. The number of aromatic nitrogens is 8. The van der Waals surface area contributed by atoms with Gasteiger partial charge >= 0.3 is 6.03 Å². The highest BCUT2D eigenvalue weighted by Gasteiger charge is 2.47. The number of aliphatic hydroxyl groups is 3. The van der Waals surface area contributed by atoms with Gasteiger partial charge in [-0.05, 0) is 71.3 Å². The minimum absolute atomic E-state index is 0.00857. The van der Waals surface area contributed by atoms with Gasteiger partial charge in [0.15, 0.2) is 29.3 Å². The maximum atomic E-state index is 13.0. The fraction of sp³-hybridized carbons (Fsp3) is 0.324. The zero-order valence-electron chi connectivity index (χ0n) is 31.6. The van der Waals surface area contributed by atoms with Crippen LogP contribution in [0.5, 0.6) is 11.5 Å². The number of ether oxygens (including phenoxy) is 1. The number of phenolic OH excluding ortho intramolecular Hbond substituents is 2. The molecule has 0 aliphatic carbocycles. The number of hydrogen-bond acceptors (Lipinski definition) is 17. The fourth-order valence-electron chi connectivity index (χ4n) is 7.19. The number of carbonyl (C=O) groups excluding carboxylic acids is 1. The van der Waals surface area contributed by atoms with E-state index in [0.29, 0.717) is 36.5 Å². The van der Waals surface area contributed by atoms with Gasteiger partial charge in [0.1, 0.15) is 23.7 Å². The molecular weight excluding hydrogens is 803 g/mol. The second kappa shape index (κ2) is 16.6. The molecule has 0 bridgehead atoms. The first kappa shape index (κ1) is 40.3. The molecule has 22 nitrogen and oxygen atoms in total. The summed E-state index contributed by atoms with van der Waals surface area (Å²) in [6.07, 6.45) is -3.37. The number of primary sulfonamides is 1. The average Bonchev–Trinajstić information content (AvgIpc) is 4.04. The van der Waals surface area contributed by atoms with Gasteiger partial charge < -0.3 is 51.1 Å². The Balaban J connectivity index is 1.08. The number of phenols is 2. The molecule has 3 aromatic heterocycles. The normalized spacial score (nSPS) is 20.6. The van der Waals surface area contributed by atoms with Crippen molar-refractivity contribution < 1.29 is 43.5 Å². The maximum Gasteiger partial charge on any atom is 0.319 e. The monoisotopic (exact) mass is 843 g/mol. The number of nitrogens with zero attached hydrogens (tertiary/aromatic N) is 9. The van der Waals surface area contributed by atoms with Crippen molar-refractivity contribution in [1.82, 2.24) is 45.0 Å². The molecule has 3 aromatic carbocycles. The average molecular weight is 844 g/mol. The molecule has 23 heteroatoms. The van der Waals surface area contributed by atoms with Gasteiger partial charge in [-0.1, -0.05) is 24.3 Å². The Bertz CT molecular complexity index is 2530. The number of urea groups is 1. The Morgan fingerprint density at radius 1 is 0.950 bits per heavy atom. The van der Waals surface area contributed by atoms with E-state index in [4.69, 9.17) is 19.8 Å². The molecule has 2 fully saturated rings. The van der Waals surface area contributed by atoms with Crippen LogP contribution < -0.4 is 26.0 Å². The number of nitrogens with two attached hydrogens (primary N) is 1. The summed E-state index contributed by atoms with van der Waals surface area (Å²) in [6.45, 7) is 0.849. The van der Waals surface area contributed by atoms with Gasteiger partial charge in [0, 0.05) is 37.3 Å². The summed E-state index contributed by atoms with van der Waals surface area (Å²) in [5.74, 6) is 0.514. The van der Waals surface area contributed by atoms with Gasteiger partial charge in [0.05, 0.1) is 24.4 Å². The molecule has 10 N–H and O–H groups in total. The van der Waals surface area contributed by atoms with E-state index >= 15 is 0 Å². The number of aliphatic hydroxyl groups excluding tert-OH is 3. The molecule has 0 radical (unpaired) electrons. The quantitative estimate of drug-likeness (QED) is 0.0764. The van der Waals surface area contributed by atoms with Crippen molar-refractivity contribution in [3.05, 3.63) is 96.1 Å². The van der Waals surface area contributed by atoms with Crippen LogP contribution in [0.1, 0.15) is 41.6 Å². The van der Waals surface area contributed by atoms with Gasteiger partial charge in [0.2, 0.25) is 21.8 Å². The maximum absolute atomic E-state index is 13.0. The summed E-state index contributed by atoms with van der Waals surface area (Å²) in [5.41, 5.74) is 2.65. The Morgan fingerprint density at radius 2 is 1.63 bits per heavy atom. The summed E-state index contributed by atoms with van der Waals surface area (Å²) in [4.78, 5) is 30.3. The molecule has 8 rings (SSSR count). The third-order valence-corrected chi connectivity index (χ3v) is 11.2. The van der Waals surface area contributed by atoms with Crippen LogP contribution in [0.4, 0.5) is 22.2 Å². The molecule has 2 saturated heterocycles. The third kappa shape index (κ3) is 8.47. The van der Waals surface area contributed by atoms with E-state index in [1.54, 1.807) is 48.5 Å². The fourth-order valence-corrected chi connectivity index (χ4v) is 7.71. The standard InChI is InChI=1S/C37H41N13O9S/c38-60(57,58)26-11-5-22(6-12-26)41-37(56)42-23-13-14-48(18-23)36-43-32(39-17-27(20-1-7-24(52)8-2-20)21-3-9-25(53)10-4-21)28-34(44-36)49(19-40-28)35-30(55)29(54)31(59-35)33-45-47-50(46-33)15-16-51/h1-12,19,23,27,29-31,35,51-55H,13-18H2,(H2,38,57,58)(H,39,43,44)(H2,41,42,56)/t23-,29+,30-,31+,35-/m1/s1. The summed E-state index contributed by atoms with van der Waals surface area (Å²) >= 11 is 0. The van der Waals surface area contributed by atoms with E-state index in [-0.39, 0.29) is 65.5 Å². The summed E-state index contributed by atoms with van der Waals surface area (Å²) in [7, 11) is -3.89. The number of rotatable bonds is 13. The Kier molecular flexibility index (Phi) is 11.2. The molecular formula is C37H41N13O9S. The van der Waals surface area contributed by atoms with Crippen LogP contribution in [-0.4, -0.2) is 124 Å². The summed E-state index contributed by atoms with van der Waals surface area (Å²) in [6, 6.07) is 18.1. The Hall–Kier alpha value is -6.50. The molecule has 0 unspecified atom stereocenters. The van der Waals surface area contributed by atoms with Crippen LogP contribution in [0.3, 0.4) is 0 Å². The van der Waals surface area contributed by atoms with Crippen molar-refractivity contribution in [3.63, 3.8) is 0 Å². The summed E-state index contributed by atoms with van der Waals surface area (Å²) in [5, 5.41) is 77.9. The van der Waals surface area contributed by atoms with Crippen LogP contribution in [0.25, 0.3) is 11.2 Å². The number of tetrazole rings is 1. The molecule has 2 amide bonds. The molecule has 5 atom stereocenters. The molecule has 2 aliphatic heterocycles. The van der Waals surface area contributed by atoms with E-state index < -0.39 is 40.6 Å². The number of benzene rings is 3. The van der Waals surface area contributed by atoms with Crippen molar-refractivity contribution >= 4 is 44.7 Å². The molecule has 0 saturated carbocycles. The van der Waals surface area contributed by atoms with Crippen LogP contribution in [0.2, 0.25) is 0 Å². The second-order valence-electron chi connectivity index (χ2n) is 14.3. The number of hydrogen-bond donors (Lipinski definition) is 9. The lowest BCUT2D eigenvalue weighted by Gasteiger charge is -2.22. The van der Waals surface area contributed by atoms with E-state index in [9.17, 15) is 38.7 Å². The predicted octanol–water partition coefficient (Wildman–Crippen LogP) is 0.500. The molecule has 0 spiro atoms. The lowest BCUT2D eigenvalue weighted by Crippen LogP contribution is -2.40. The van der Waals surface area contributed by atoms with Gasteiger partial charge in [-0.2, -0.15) is 14.8 Å². The number of carbonyl (C=O) groups is 1. The number of nitrogens with one attached hydrogen (secondary N) is 3. The van der Waals surface area contributed by atoms with Crippen molar-refractivity contribution in [2.45, 2.75) is 54.4 Å². The number of fused-ring (bicyclic) bond motifs is 1. The van der Waals surface area contributed by atoms with E-state index in [0.717, 1.165) is 15.9 Å².